The fourth-order valence-corrected chi connectivity index (χ4v) is 4.61. The quantitative estimate of drug-likeness (QED) is 0.938. The van der Waals surface area contributed by atoms with E-state index in [-0.39, 0.29) is 0 Å². The van der Waals surface area contributed by atoms with Gasteiger partial charge < -0.3 is 4.98 Å². The highest BCUT2D eigenvalue weighted by molar-refractivity contribution is 5.22. The van der Waals surface area contributed by atoms with Crippen LogP contribution in [-0.2, 0) is 13.1 Å². The molecule has 3 heterocycles. The number of aromatic nitrogens is 2. The third-order valence-electron chi connectivity index (χ3n) is 5.67. The van der Waals surface area contributed by atoms with Crippen LogP contribution in [0.2, 0.25) is 0 Å². The summed E-state index contributed by atoms with van der Waals surface area (Å²) in [6.45, 7) is 9.17. The van der Waals surface area contributed by atoms with Gasteiger partial charge >= 0.3 is 0 Å². The van der Waals surface area contributed by atoms with Crippen LogP contribution in [0.25, 0.3) is 0 Å². The number of hydrogen-bond acceptors (Lipinski definition) is 3. The fourth-order valence-electron chi connectivity index (χ4n) is 4.61. The molecular formula is C20H28N4. The molecule has 128 valence electrons. The van der Waals surface area contributed by atoms with Crippen molar-refractivity contribution < 1.29 is 0 Å². The van der Waals surface area contributed by atoms with Crippen LogP contribution in [-0.4, -0.2) is 45.9 Å². The molecule has 0 bridgehead atoms. The average molecular weight is 324 g/mol. The largest absolute Gasteiger partial charge is 0.348 e. The summed E-state index contributed by atoms with van der Waals surface area (Å²) in [5, 5.41) is 0. The molecule has 4 rings (SSSR count). The third-order valence-corrected chi connectivity index (χ3v) is 5.67. The van der Waals surface area contributed by atoms with E-state index in [1.165, 1.54) is 56.6 Å². The normalized spacial score (nSPS) is 25.5. The second-order valence-electron chi connectivity index (χ2n) is 7.80. The topological polar surface area (TPSA) is 35.2 Å². The van der Waals surface area contributed by atoms with Crippen LogP contribution in [0.3, 0.4) is 0 Å². The van der Waals surface area contributed by atoms with Gasteiger partial charge in [-0.2, -0.15) is 0 Å². The summed E-state index contributed by atoms with van der Waals surface area (Å²) in [5.41, 5.74) is 3.32. The number of likely N-dealkylation sites (tertiary alicyclic amines) is 2. The molecule has 2 aliphatic rings. The minimum atomic E-state index is 0.495. The van der Waals surface area contributed by atoms with Crippen LogP contribution in [0.4, 0.5) is 0 Å². The molecule has 1 aromatic carbocycles. The molecule has 1 N–H and O–H groups in total. The smallest absolute Gasteiger partial charge is 0.120 e. The Labute approximate surface area is 144 Å². The molecule has 0 amide bonds. The lowest BCUT2D eigenvalue weighted by molar-refractivity contribution is 0.0863. The number of benzene rings is 1. The van der Waals surface area contributed by atoms with Crippen LogP contribution in [0.1, 0.15) is 36.2 Å². The number of imidazole rings is 1. The zero-order valence-corrected chi connectivity index (χ0v) is 14.7. The maximum atomic E-state index is 4.38. The first-order valence-electron chi connectivity index (χ1n) is 9.19. The second kappa shape index (κ2) is 6.69. The Morgan fingerprint density at radius 2 is 2.00 bits per heavy atom. The average Bonchev–Trinajstić information content (AvgIpc) is 3.19. The van der Waals surface area contributed by atoms with Crippen molar-refractivity contribution in [2.75, 3.05) is 26.2 Å². The number of hydrogen-bond donors (Lipinski definition) is 1. The van der Waals surface area contributed by atoms with Gasteiger partial charge in [0.2, 0.25) is 0 Å². The Bertz CT molecular complexity index is 666. The van der Waals surface area contributed by atoms with Gasteiger partial charge in [0, 0.05) is 32.0 Å². The fraction of sp³-hybridized carbons (Fsp3) is 0.550. The summed E-state index contributed by atoms with van der Waals surface area (Å²) in [7, 11) is 0. The van der Waals surface area contributed by atoms with E-state index in [1.807, 2.05) is 12.4 Å². The lowest BCUT2D eigenvalue weighted by atomic mass is 9.79. The Kier molecular flexibility index (Phi) is 4.42. The van der Waals surface area contributed by atoms with Crippen molar-refractivity contribution >= 4 is 0 Å². The predicted octanol–water partition coefficient (Wildman–Crippen LogP) is 3.21. The van der Waals surface area contributed by atoms with E-state index in [4.69, 9.17) is 0 Å². The molecule has 2 saturated heterocycles. The Balaban J connectivity index is 1.37. The first kappa shape index (κ1) is 15.9. The highest BCUT2D eigenvalue weighted by Gasteiger charge is 2.41. The number of piperidine rings is 1. The van der Waals surface area contributed by atoms with E-state index in [0.717, 1.165) is 18.9 Å². The van der Waals surface area contributed by atoms with Crippen LogP contribution in [0.15, 0.2) is 36.7 Å². The summed E-state index contributed by atoms with van der Waals surface area (Å²) in [5.74, 6) is 1.10. The molecule has 2 fully saturated rings. The summed E-state index contributed by atoms with van der Waals surface area (Å²) < 4.78 is 0. The number of nitrogens with one attached hydrogen (secondary N) is 1. The predicted molar refractivity (Wildman–Crippen MR) is 96.6 cm³/mol. The lowest BCUT2D eigenvalue weighted by Crippen LogP contribution is -2.44. The molecule has 0 saturated carbocycles. The minimum Gasteiger partial charge on any atom is -0.348 e. The molecule has 1 atom stereocenters. The van der Waals surface area contributed by atoms with Gasteiger partial charge in [-0.25, -0.2) is 4.98 Å². The second-order valence-corrected chi connectivity index (χ2v) is 7.80. The zero-order chi connectivity index (χ0) is 16.4. The van der Waals surface area contributed by atoms with E-state index in [1.54, 1.807) is 0 Å². The highest BCUT2D eigenvalue weighted by Crippen LogP contribution is 2.39. The van der Waals surface area contributed by atoms with Crippen molar-refractivity contribution in [3.63, 3.8) is 0 Å². The SMILES string of the molecule is Cc1cccc(CN2CCCC3(CCN(Cc4ncc[nH]4)C3)C2)c1. The monoisotopic (exact) mass is 324 g/mol. The Hall–Kier alpha value is -1.65. The number of H-pyrrole nitrogens is 1. The van der Waals surface area contributed by atoms with Gasteiger partial charge in [0.1, 0.15) is 5.82 Å². The Morgan fingerprint density at radius 3 is 2.79 bits per heavy atom. The first-order valence-corrected chi connectivity index (χ1v) is 9.19. The molecule has 1 spiro atoms. The van der Waals surface area contributed by atoms with Crippen molar-refractivity contribution in [2.45, 2.75) is 39.3 Å². The summed E-state index contributed by atoms with van der Waals surface area (Å²) >= 11 is 0. The molecule has 0 aliphatic carbocycles. The van der Waals surface area contributed by atoms with Crippen LogP contribution in [0.5, 0.6) is 0 Å². The van der Waals surface area contributed by atoms with Crippen molar-refractivity contribution in [1.29, 1.82) is 0 Å². The maximum Gasteiger partial charge on any atom is 0.120 e. The number of nitrogens with zero attached hydrogens (tertiary/aromatic N) is 3. The van der Waals surface area contributed by atoms with E-state index in [2.05, 4.69) is 51.0 Å². The van der Waals surface area contributed by atoms with E-state index in [9.17, 15) is 0 Å². The molecule has 1 unspecified atom stereocenters. The van der Waals surface area contributed by atoms with Crippen LogP contribution >= 0.6 is 0 Å². The van der Waals surface area contributed by atoms with Crippen LogP contribution in [0, 0.1) is 12.3 Å². The van der Waals surface area contributed by atoms with Gasteiger partial charge in [-0.15, -0.1) is 0 Å². The molecule has 24 heavy (non-hydrogen) atoms. The third kappa shape index (κ3) is 3.55. The number of rotatable bonds is 4. The number of aryl methyl sites for hydroxylation is 1. The van der Waals surface area contributed by atoms with Gasteiger partial charge in [0.05, 0.1) is 6.54 Å². The van der Waals surface area contributed by atoms with Crippen molar-refractivity contribution in [2.24, 2.45) is 5.41 Å². The summed E-state index contributed by atoms with van der Waals surface area (Å²) in [4.78, 5) is 12.9. The van der Waals surface area contributed by atoms with Gasteiger partial charge in [0.15, 0.2) is 0 Å². The molecule has 1 aromatic heterocycles. The van der Waals surface area contributed by atoms with Gasteiger partial charge in [0.25, 0.3) is 0 Å². The van der Waals surface area contributed by atoms with Crippen molar-refractivity contribution in [3.05, 3.63) is 53.6 Å². The van der Waals surface area contributed by atoms with Gasteiger partial charge in [-0.1, -0.05) is 29.8 Å². The highest BCUT2D eigenvalue weighted by atomic mass is 15.2. The molecule has 4 nitrogen and oxygen atoms in total. The summed E-state index contributed by atoms with van der Waals surface area (Å²) in [6, 6.07) is 8.97. The molecule has 2 aliphatic heterocycles. The molecule has 4 heteroatoms. The van der Waals surface area contributed by atoms with Gasteiger partial charge in [-0.3, -0.25) is 9.80 Å². The van der Waals surface area contributed by atoms with Crippen LogP contribution < -0.4 is 0 Å². The number of aromatic amines is 1. The van der Waals surface area contributed by atoms with Gasteiger partial charge in [-0.05, 0) is 50.3 Å². The molecule has 0 radical (unpaired) electrons. The lowest BCUT2D eigenvalue weighted by Gasteiger charge is -2.40. The van der Waals surface area contributed by atoms with E-state index >= 15 is 0 Å². The standard InChI is InChI=1S/C20H28N4/c1-17-4-2-5-18(12-17)13-23-10-3-6-20(15-23)7-11-24(16-20)14-19-21-8-9-22-19/h2,4-5,8-9,12H,3,6-7,10-11,13-16H2,1H3,(H,21,22). The van der Waals surface area contributed by atoms with E-state index in [0.29, 0.717) is 5.41 Å². The minimum absolute atomic E-state index is 0.495. The maximum absolute atomic E-state index is 4.38. The Morgan fingerprint density at radius 1 is 1.12 bits per heavy atom. The van der Waals surface area contributed by atoms with E-state index < -0.39 is 0 Å². The zero-order valence-electron chi connectivity index (χ0n) is 14.7. The molecule has 2 aromatic rings. The van der Waals surface area contributed by atoms with Crippen molar-refractivity contribution in [3.8, 4) is 0 Å². The van der Waals surface area contributed by atoms with Crippen molar-refractivity contribution in [1.82, 2.24) is 19.8 Å². The summed E-state index contributed by atoms with van der Waals surface area (Å²) in [6.07, 6.45) is 7.82. The first-order chi connectivity index (χ1) is 11.7. The molecular weight excluding hydrogens is 296 g/mol.